The lowest BCUT2D eigenvalue weighted by Crippen LogP contribution is -2.03. The molecule has 0 N–H and O–H groups in total. The maximum atomic E-state index is 13.4. The molecule has 1 aromatic carbocycles. The van der Waals surface area contributed by atoms with Crippen LogP contribution in [0.15, 0.2) is 12.1 Å². The first-order chi connectivity index (χ1) is 8.19. The van der Waals surface area contributed by atoms with Crippen LogP contribution in [0.25, 0.3) is 11.0 Å². The molecule has 0 saturated heterocycles. The van der Waals surface area contributed by atoms with Gasteiger partial charge in [0.1, 0.15) is 11.6 Å². The van der Waals surface area contributed by atoms with Crippen LogP contribution in [0.4, 0.5) is 4.39 Å². The summed E-state index contributed by atoms with van der Waals surface area (Å²) >= 11 is 11.7. The number of aromatic nitrogens is 2. The Kier molecular flexibility index (Phi) is 2.75. The van der Waals surface area contributed by atoms with E-state index in [1.54, 1.807) is 6.07 Å². The Morgan fingerprint density at radius 1 is 1.41 bits per heavy atom. The molecule has 2 nitrogen and oxygen atoms in total. The molecule has 2 aromatic rings. The molecule has 1 aliphatic rings. The van der Waals surface area contributed by atoms with Crippen LogP contribution in [-0.4, -0.2) is 9.55 Å². The van der Waals surface area contributed by atoms with Crippen molar-refractivity contribution in [2.24, 2.45) is 5.92 Å². The van der Waals surface area contributed by atoms with Gasteiger partial charge in [0.05, 0.1) is 21.9 Å². The van der Waals surface area contributed by atoms with Gasteiger partial charge in [-0.3, -0.25) is 0 Å². The summed E-state index contributed by atoms with van der Waals surface area (Å²) in [5, 5.41) is 0.135. The third-order valence-electron chi connectivity index (χ3n) is 3.13. The Hall–Kier alpha value is -0.800. The minimum atomic E-state index is -0.434. The highest BCUT2D eigenvalue weighted by Crippen LogP contribution is 2.33. The van der Waals surface area contributed by atoms with E-state index in [1.807, 2.05) is 0 Å². The molecular weight excluding hydrogens is 262 g/mol. The van der Waals surface area contributed by atoms with Crippen molar-refractivity contribution in [1.82, 2.24) is 9.55 Å². The smallest absolute Gasteiger partial charge is 0.144 e. The second-order valence-electron chi connectivity index (χ2n) is 4.47. The van der Waals surface area contributed by atoms with Crippen LogP contribution in [-0.2, 0) is 12.4 Å². The molecule has 5 heteroatoms. The summed E-state index contributed by atoms with van der Waals surface area (Å²) in [6.45, 7) is 0.903. The summed E-state index contributed by atoms with van der Waals surface area (Å²) in [4.78, 5) is 4.35. The molecule has 1 heterocycles. The number of fused-ring (bicyclic) bond motifs is 1. The molecule has 1 fully saturated rings. The highest BCUT2D eigenvalue weighted by molar-refractivity contribution is 6.31. The van der Waals surface area contributed by atoms with Gasteiger partial charge >= 0.3 is 0 Å². The number of hydrogen-bond donors (Lipinski definition) is 0. The SMILES string of the molecule is Fc1cc2nc(CCl)n(CC3CC3)c2cc1Cl. The van der Waals surface area contributed by atoms with Crippen molar-refractivity contribution < 1.29 is 4.39 Å². The van der Waals surface area contributed by atoms with Crippen LogP contribution < -0.4 is 0 Å². The zero-order chi connectivity index (χ0) is 12.0. The average molecular weight is 273 g/mol. The van der Waals surface area contributed by atoms with E-state index in [2.05, 4.69) is 9.55 Å². The molecule has 0 bridgehead atoms. The van der Waals surface area contributed by atoms with E-state index in [9.17, 15) is 4.39 Å². The number of hydrogen-bond acceptors (Lipinski definition) is 1. The van der Waals surface area contributed by atoms with Crippen molar-refractivity contribution in [1.29, 1.82) is 0 Å². The molecule has 17 heavy (non-hydrogen) atoms. The lowest BCUT2D eigenvalue weighted by Gasteiger charge is -2.06. The van der Waals surface area contributed by atoms with E-state index < -0.39 is 5.82 Å². The third kappa shape index (κ3) is 2.02. The fraction of sp³-hybridized carbons (Fsp3) is 0.417. The summed E-state index contributed by atoms with van der Waals surface area (Å²) in [5.74, 6) is 1.39. The van der Waals surface area contributed by atoms with E-state index in [-0.39, 0.29) is 5.02 Å². The highest BCUT2D eigenvalue weighted by Gasteiger charge is 2.24. The zero-order valence-corrected chi connectivity index (χ0v) is 10.6. The van der Waals surface area contributed by atoms with Gasteiger partial charge in [0.25, 0.3) is 0 Å². The minimum absolute atomic E-state index is 0.135. The molecule has 1 saturated carbocycles. The van der Waals surface area contributed by atoms with Gasteiger partial charge in [-0.2, -0.15) is 0 Å². The topological polar surface area (TPSA) is 17.8 Å². The van der Waals surface area contributed by atoms with Crippen molar-refractivity contribution >= 4 is 34.2 Å². The molecule has 1 aliphatic carbocycles. The van der Waals surface area contributed by atoms with Crippen molar-refractivity contribution in [3.8, 4) is 0 Å². The first-order valence-electron chi connectivity index (χ1n) is 5.59. The first-order valence-corrected chi connectivity index (χ1v) is 6.50. The summed E-state index contributed by atoms with van der Waals surface area (Å²) in [7, 11) is 0. The second-order valence-corrected chi connectivity index (χ2v) is 5.15. The fourth-order valence-electron chi connectivity index (χ4n) is 2.03. The van der Waals surface area contributed by atoms with Crippen LogP contribution in [0.2, 0.25) is 5.02 Å². The molecule has 0 unspecified atom stereocenters. The monoisotopic (exact) mass is 272 g/mol. The molecule has 0 atom stereocenters. The van der Waals surface area contributed by atoms with E-state index in [0.29, 0.717) is 17.3 Å². The van der Waals surface area contributed by atoms with Gasteiger partial charge in [-0.15, -0.1) is 11.6 Å². The molecule has 0 amide bonds. The van der Waals surface area contributed by atoms with Crippen LogP contribution in [0.5, 0.6) is 0 Å². The van der Waals surface area contributed by atoms with E-state index in [0.717, 1.165) is 17.9 Å². The summed E-state index contributed by atoms with van der Waals surface area (Å²) < 4.78 is 15.4. The minimum Gasteiger partial charge on any atom is -0.327 e. The van der Waals surface area contributed by atoms with Crippen LogP contribution >= 0.6 is 23.2 Å². The van der Waals surface area contributed by atoms with Crippen molar-refractivity contribution in [3.63, 3.8) is 0 Å². The Morgan fingerprint density at radius 2 is 2.18 bits per heavy atom. The third-order valence-corrected chi connectivity index (χ3v) is 3.66. The fourth-order valence-corrected chi connectivity index (χ4v) is 2.40. The predicted octanol–water partition coefficient (Wildman–Crippen LogP) is 3.98. The Balaban J connectivity index is 2.17. The number of alkyl halides is 1. The normalized spacial score (nSPS) is 15.7. The van der Waals surface area contributed by atoms with Gasteiger partial charge in [-0.05, 0) is 24.8 Å². The molecule has 0 radical (unpaired) electrons. The number of benzene rings is 1. The summed E-state index contributed by atoms with van der Waals surface area (Å²) in [6, 6.07) is 3.01. The molecule has 90 valence electrons. The Bertz CT molecular complexity index is 575. The quantitative estimate of drug-likeness (QED) is 0.773. The number of rotatable bonds is 3. The maximum absolute atomic E-state index is 13.4. The first kappa shape index (κ1) is 11.3. The largest absolute Gasteiger partial charge is 0.327 e. The van der Waals surface area contributed by atoms with Crippen LogP contribution in [0.1, 0.15) is 18.7 Å². The zero-order valence-electron chi connectivity index (χ0n) is 9.09. The van der Waals surface area contributed by atoms with Gasteiger partial charge in [-0.25, -0.2) is 9.37 Å². The van der Waals surface area contributed by atoms with E-state index in [4.69, 9.17) is 23.2 Å². The Labute approximate surface area is 108 Å². The van der Waals surface area contributed by atoms with Crippen molar-refractivity contribution in [2.75, 3.05) is 0 Å². The van der Waals surface area contributed by atoms with E-state index in [1.165, 1.54) is 18.9 Å². The average Bonchev–Trinajstić information content (AvgIpc) is 3.06. The van der Waals surface area contributed by atoms with Crippen molar-refractivity contribution in [2.45, 2.75) is 25.3 Å². The number of halogens is 3. The van der Waals surface area contributed by atoms with Gasteiger partial charge < -0.3 is 4.57 Å². The second kappa shape index (κ2) is 4.14. The molecular formula is C12H11Cl2FN2. The van der Waals surface area contributed by atoms with Crippen molar-refractivity contribution in [3.05, 3.63) is 28.8 Å². The molecule has 0 spiro atoms. The van der Waals surface area contributed by atoms with Gasteiger partial charge in [0, 0.05) is 12.6 Å². The molecule has 1 aromatic heterocycles. The standard InChI is InChI=1S/C12H11Cl2FN2/c13-5-12-16-10-4-9(15)8(14)3-11(10)17(12)6-7-1-2-7/h3-4,7H,1-2,5-6H2. The summed E-state index contributed by atoms with van der Waals surface area (Å²) in [6.07, 6.45) is 2.49. The molecule has 3 rings (SSSR count). The van der Waals surface area contributed by atoms with Gasteiger partial charge in [0.15, 0.2) is 0 Å². The lowest BCUT2D eigenvalue weighted by molar-refractivity contribution is 0.621. The number of nitrogens with zero attached hydrogens (tertiary/aromatic N) is 2. The highest BCUT2D eigenvalue weighted by atomic mass is 35.5. The molecule has 0 aliphatic heterocycles. The van der Waals surface area contributed by atoms with E-state index >= 15 is 0 Å². The van der Waals surface area contributed by atoms with Gasteiger partial charge in [0.2, 0.25) is 0 Å². The van der Waals surface area contributed by atoms with Crippen LogP contribution in [0, 0.1) is 11.7 Å². The van der Waals surface area contributed by atoms with Gasteiger partial charge in [-0.1, -0.05) is 11.6 Å². The number of imidazole rings is 1. The predicted molar refractivity (Wildman–Crippen MR) is 67.0 cm³/mol. The van der Waals surface area contributed by atoms with Crippen LogP contribution in [0.3, 0.4) is 0 Å². The lowest BCUT2D eigenvalue weighted by atomic mass is 10.3. The Morgan fingerprint density at radius 3 is 2.82 bits per heavy atom. The summed E-state index contributed by atoms with van der Waals surface area (Å²) in [5.41, 5.74) is 1.50. The maximum Gasteiger partial charge on any atom is 0.144 e.